The Kier molecular flexibility index (Phi) is 9.20. The normalized spacial score (nSPS) is 10.1. The molecular weight excluding hydrogens is 367 g/mol. The van der Waals surface area contributed by atoms with Crippen molar-refractivity contribution in [3.63, 3.8) is 0 Å². The Labute approximate surface area is 136 Å². The van der Waals surface area contributed by atoms with Gasteiger partial charge in [-0.3, -0.25) is 4.79 Å². The van der Waals surface area contributed by atoms with Gasteiger partial charge in [-0.05, 0) is 24.6 Å². The second kappa shape index (κ2) is 10.1. The molecule has 4 N–H and O–H groups in total. The SMILES string of the molecule is C#Cc1cccc(NC(=O)CN=C(N)NCCC)c1.I. The number of carbonyl (C=O) groups is 1. The van der Waals surface area contributed by atoms with E-state index in [1.54, 1.807) is 24.3 Å². The maximum atomic E-state index is 11.6. The van der Waals surface area contributed by atoms with E-state index in [1.165, 1.54) is 0 Å². The number of aliphatic imine (C=N–C) groups is 1. The number of hydrogen-bond acceptors (Lipinski definition) is 2. The number of guanidine groups is 1. The quantitative estimate of drug-likeness (QED) is 0.311. The zero-order valence-electron chi connectivity index (χ0n) is 11.3. The molecule has 108 valence electrons. The molecule has 0 aromatic heterocycles. The van der Waals surface area contributed by atoms with Crippen molar-refractivity contribution in [1.29, 1.82) is 0 Å². The first-order chi connectivity index (χ1) is 9.15. The van der Waals surface area contributed by atoms with Crippen LogP contribution in [0.25, 0.3) is 0 Å². The van der Waals surface area contributed by atoms with Crippen LogP contribution in [0, 0.1) is 12.3 Å². The molecule has 1 amide bonds. The highest BCUT2D eigenvalue weighted by Gasteiger charge is 2.02. The lowest BCUT2D eigenvalue weighted by atomic mass is 10.2. The number of nitrogens with zero attached hydrogens (tertiary/aromatic N) is 1. The summed E-state index contributed by atoms with van der Waals surface area (Å²) in [5, 5.41) is 5.59. The van der Waals surface area contributed by atoms with Crippen LogP contribution >= 0.6 is 24.0 Å². The smallest absolute Gasteiger partial charge is 0.246 e. The molecule has 1 aromatic carbocycles. The van der Waals surface area contributed by atoms with E-state index in [4.69, 9.17) is 12.2 Å². The number of amides is 1. The van der Waals surface area contributed by atoms with Crippen molar-refractivity contribution in [2.24, 2.45) is 10.7 Å². The van der Waals surface area contributed by atoms with Crippen molar-refractivity contribution in [1.82, 2.24) is 5.32 Å². The predicted molar refractivity (Wildman–Crippen MR) is 93.2 cm³/mol. The molecule has 0 unspecified atom stereocenters. The van der Waals surface area contributed by atoms with Gasteiger partial charge in [0.2, 0.25) is 5.91 Å². The minimum Gasteiger partial charge on any atom is -0.370 e. The maximum absolute atomic E-state index is 11.6. The third-order valence-electron chi connectivity index (χ3n) is 2.26. The van der Waals surface area contributed by atoms with E-state index in [1.807, 2.05) is 6.92 Å². The van der Waals surface area contributed by atoms with Crippen LogP contribution in [0.15, 0.2) is 29.3 Å². The molecule has 0 saturated carbocycles. The van der Waals surface area contributed by atoms with Gasteiger partial charge in [0, 0.05) is 17.8 Å². The van der Waals surface area contributed by atoms with E-state index in [9.17, 15) is 4.79 Å². The maximum Gasteiger partial charge on any atom is 0.246 e. The first kappa shape index (κ1) is 18.2. The molecule has 5 nitrogen and oxygen atoms in total. The van der Waals surface area contributed by atoms with Gasteiger partial charge in [0.15, 0.2) is 5.96 Å². The number of halogens is 1. The average molecular weight is 386 g/mol. The highest BCUT2D eigenvalue weighted by Crippen LogP contribution is 2.09. The molecule has 1 aromatic rings. The van der Waals surface area contributed by atoms with E-state index in [0.717, 1.165) is 13.0 Å². The number of nitrogens with two attached hydrogens (primary N) is 1. The zero-order valence-corrected chi connectivity index (χ0v) is 13.7. The van der Waals surface area contributed by atoms with E-state index >= 15 is 0 Å². The van der Waals surface area contributed by atoms with Gasteiger partial charge in [0.25, 0.3) is 0 Å². The van der Waals surface area contributed by atoms with Crippen LogP contribution in [0.2, 0.25) is 0 Å². The number of rotatable bonds is 5. The zero-order chi connectivity index (χ0) is 14.1. The van der Waals surface area contributed by atoms with Gasteiger partial charge in [-0.1, -0.05) is 18.9 Å². The first-order valence-electron chi connectivity index (χ1n) is 6.06. The fourth-order valence-electron chi connectivity index (χ4n) is 1.35. The van der Waals surface area contributed by atoms with Gasteiger partial charge in [0.05, 0.1) is 0 Å². The van der Waals surface area contributed by atoms with Crippen molar-refractivity contribution in [2.75, 3.05) is 18.4 Å². The number of terminal acetylenes is 1. The molecule has 0 heterocycles. The highest BCUT2D eigenvalue weighted by molar-refractivity contribution is 14.0. The summed E-state index contributed by atoms with van der Waals surface area (Å²) >= 11 is 0. The van der Waals surface area contributed by atoms with E-state index in [-0.39, 0.29) is 42.4 Å². The summed E-state index contributed by atoms with van der Waals surface area (Å²) in [7, 11) is 0. The van der Waals surface area contributed by atoms with Crippen LogP contribution in [-0.4, -0.2) is 25.0 Å². The number of nitrogens with one attached hydrogen (secondary N) is 2. The molecule has 0 spiro atoms. The summed E-state index contributed by atoms with van der Waals surface area (Å²) in [6.07, 6.45) is 6.23. The van der Waals surface area contributed by atoms with E-state index in [0.29, 0.717) is 11.3 Å². The molecule has 0 aliphatic heterocycles. The van der Waals surface area contributed by atoms with Crippen LogP contribution in [0.5, 0.6) is 0 Å². The van der Waals surface area contributed by atoms with Gasteiger partial charge in [-0.25, -0.2) is 4.99 Å². The van der Waals surface area contributed by atoms with Crippen LogP contribution < -0.4 is 16.4 Å². The van der Waals surface area contributed by atoms with E-state index < -0.39 is 0 Å². The molecule has 6 heteroatoms. The van der Waals surface area contributed by atoms with Crippen molar-refractivity contribution in [2.45, 2.75) is 13.3 Å². The molecule has 0 atom stereocenters. The van der Waals surface area contributed by atoms with Gasteiger partial charge < -0.3 is 16.4 Å². The Morgan fingerprint density at radius 1 is 1.50 bits per heavy atom. The third-order valence-corrected chi connectivity index (χ3v) is 2.26. The van der Waals surface area contributed by atoms with Crippen molar-refractivity contribution in [3.05, 3.63) is 29.8 Å². The monoisotopic (exact) mass is 386 g/mol. The lowest BCUT2D eigenvalue weighted by Crippen LogP contribution is -2.33. The second-order valence-electron chi connectivity index (χ2n) is 3.90. The number of benzene rings is 1. The lowest BCUT2D eigenvalue weighted by Gasteiger charge is -2.05. The van der Waals surface area contributed by atoms with Crippen molar-refractivity contribution in [3.8, 4) is 12.3 Å². The third kappa shape index (κ3) is 6.99. The predicted octanol–water partition coefficient (Wildman–Crippen LogP) is 1.54. The minimum absolute atomic E-state index is 0. The number of anilines is 1. The first-order valence-corrected chi connectivity index (χ1v) is 6.06. The van der Waals surface area contributed by atoms with Crippen LogP contribution in [-0.2, 0) is 4.79 Å². The lowest BCUT2D eigenvalue weighted by molar-refractivity contribution is -0.114. The van der Waals surface area contributed by atoms with Gasteiger partial charge in [0.1, 0.15) is 6.54 Å². The van der Waals surface area contributed by atoms with Crippen molar-refractivity contribution < 1.29 is 4.79 Å². The Bertz CT molecular complexity index is 508. The van der Waals surface area contributed by atoms with E-state index in [2.05, 4.69) is 21.5 Å². The molecular formula is C14H19IN4O. The highest BCUT2D eigenvalue weighted by atomic mass is 127. The standard InChI is InChI=1S/C14H18N4O.HI/c1-3-8-16-14(15)17-10-13(19)18-12-7-5-6-11(4-2)9-12;/h2,5-7,9H,3,8,10H2,1H3,(H,18,19)(H3,15,16,17);1H. The summed E-state index contributed by atoms with van der Waals surface area (Å²) in [6.45, 7) is 2.73. The Morgan fingerprint density at radius 3 is 2.90 bits per heavy atom. The van der Waals surface area contributed by atoms with Gasteiger partial charge in [-0.2, -0.15) is 0 Å². The van der Waals surface area contributed by atoms with Crippen LogP contribution in [0.3, 0.4) is 0 Å². The molecule has 0 saturated heterocycles. The summed E-state index contributed by atoms with van der Waals surface area (Å²) in [4.78, 5) is 15.6. The molecule has 0 aliphatic carbocycles. The summed E-state index contributed by atoms with van der Waals surface area (Å²) in [6, 6.07) is 7.06. The molecule has 0 fully saturated rings. The Morgan fingerprint density at radius 2 is 2.25 bits per heavy atom. The van der Waals surface area contributed by atoms with Crippen molar-refractivity contribution >= 4 is 41.5 Å². The number of hydrogen-bond donors (Lipinski definition) is 3. The van der Waals surface area contributed by atoms with Crippen LogP contribution in [0.4, 0.5) is 5.69 Å². The molecule has 1 rings (SSSR count). The number of carbonyl (C=O) groups excluding carboxylic acids is 1. The largest absolute Gasteiger partial charge is 0.370 e. The Hall–Kier alpha value is -1.75. The molecule has 20 heavy (non-hydrogen) atoms. The van der Waals surface area contributed by atoms with Gasteiger partial charge >= 0.3 is 0 Å². The average Bonchev–Trinajstić information content (AvgIpc) is 2.43. The molecule has 0 aliphatic rings. The molecule has 0 bridgehead atoms. The van der Waals surface area contributed by atoms with Crippen LogP contribution in [0.1, 0.15) is 18.9 Å². The summed E-state index contributed by atoms with van der Waals surface area (Å²) in [5.41, 5.74) is 6.94. The summed E-state index contributed by atoms with van der Waals surface area (Å²) in [5.74, 6) is 2.54. The fourth-order valence-corrected chi connectivity index (χ4v) is 1.35. The van der Waals surface area contributed by atoms with Gasteiger partial charge in [-0.15, -0.1) is 30.4 Å². The molecule has 0 radical (unpaired) electrons. The second-order valence-corrected chi connectivity index (χ2v) is 3.90. The minimum atomic E-state index is -0.240. The summed E-state index contributed by atoms with van der Waals surface area (Å²) < 4.78 is 0. The topological polar surface area (TPSA) is 79.5 Å². The fraction of sp³-hybridized carbons (Fsp3) is 0.286. The Balaban J connectivity index is 0.00000361.